The first kappa shape index (κ1) is 14.4. The fourth-order valence-electron chi connectivity index (χ4n) is 1.64. The summed E-state index contributed by atoms with van der Waals surface area (Å²) in [5.74, 6) is -0.352. The third kappa shape index (κ3) is 3.29. The van der Waals surface area contributed by atoms with Crippen LogP contribution in [0.2, 0.25) is 5.02 Å². The van der Waals surface area contributed by atoms with Crippen molar-refractivity contribution in [3.63, 3.8) is 0 Å². The highest BCUT2D eigenvalue weighted by Crippen LogP contribution is 2.22. The van der Waals surface area contributed by atoms with E-state index in [2.05, 4.69) is 21.2 Å². The maximum Gasteiger partial charge on any atom is 0.255 e. The van der Waals surface area contributed by atoms with Gasteiger partial charge in [-0.25, -0.2) is 0 Å². The second-order valence-corrected chi connectivity index (χ2v) is 5.38. The standard InChI is InChI=1S/C14H9BrClN3O/c15-10-3-8(4-11(16)6-10)14(20)19-13-2-1-12(18)5-9(13)7-17/h1-6H,18H2,(H,19,20). The molecule has 100 valence electrons. The zero-order chi connectivity index (χ0) is 14.7. The molecule has 0 atom stereocenters. The van der Waals surface area contributed by atoms with Crippen molar-refractivity contribution in [2.75, 3.05) is 11.1 Å². The summed E-state index contributed by atoms with van der Waals surface area (Å²) in [4.78, 5) is 12.1. The molecule has 0 heterocycles. The number of hydrogen-bond acceptors (Lipinski definition) is 3. The fraction of sp³-hybridized carbons (Fsp3) is 0. The topological polar surface area (TPSA) is 78.9 Å². The highest BCUT2D eigenvalue weighted by atomic mass is 79.9. The van der Waals surface area contributed by atoms with Gasteiger partial charge >= 0.3 is 0 Å². The molecule has 2 aromatic rings. The summed E-state index contributed by atoms with van der Waals surface area (Å²) >= 11 is 9.17. The predicted molar refractivity (Wildman–Crippen MR) is 82.7 cm³/mol. The first-order valence-electron chi connectivity index (χ1n) is 5.56. The third-order valence-electron chi connectivity index (χ3n) is 2.54. The van der Waals surface area contributed by atoms with E-state index < -0.39 is 0 Å². The molecule has 3 N–H and O–H groups in total. The van der Waals surface area contributed by atoms with Gasteiger partial charge in [0.25, 0.3) is 5.91 Å². The van der Waals surface area contributed by atoms with Gasteiger partial charge in [-0.1, -0.05) is 27.5 Å². The third-order valence-corrected chi connectivity index (χ3v) is 3.21. The summed E-state index contributed by atoms with van der Waals surface area (Å²) in [5, 5.41) is 12.1. The molecule has 0 bridgehead atoms. The van der Waals surface area contributed by atoms with E-state index in [-0.39, 0.29) is 5.91 Å². The molecule has 0 aromatic heterocycles. The zero-order valence-corrected chi connectivity index (χ0v) is 12.5. The van der Waals surface area contributed by atoms with E-state index in [1.54, 1.807) is 30.3 Å². The minimum atomic E-state index is -0.352. The summed E-state index contributed by atoms with van der Waals surface area (Å²) in [7, 11) is 0. The van der Waals surface area contributed by atoms with Crippen LogP contribution in [-0.4, -0.2) is 5.91 Å². The van der Waals surface area contributed by atoms with E-state index in [1.165, 1.54) is 6.07 Å². The minimum absolute atomic E-state index is 0.305. The van der Waals surface area contributed by atoms with Gasteiger partial charge in [0, 0.05) is 20.7 Å². The van der Waals surface area contributed by atoms with Crippen LogP contribution in [0.5, 0.6) is 0 Å². The van der Waals surface area contributed by atoms with Gasteiger partial charge in [-0.2, -0.15) is 5.26 Å². The predicted octanol–water partition coefficient (Wildman–Crippen LogP) is 3.81. The molecule has 0 aliphatic heterocycles. The lowest BCUT2D eigenvalue weighted by molar-refractivity contribution is 0.102. The maximum absolute atomic E-state index is 12.1. The second-order valence-electron chi connectivity index (χ2n) is 4.03. The van der Waals surface area contributed by atoms with Crippen molar-refractivity contribution in [2.45, 2.75) is 0 Å². The largest absolute Gasteiger partial charge is 0.399 e. The normalized spacial score (nSPS) is 9.85. The van der Waals surface area contributed by atoms with Crippen molar-refractivity contribution in [2.24, 2.45) is 0 Å². The number of anilines is 2. The molecule has 2 aromatic carbocycles. The van der Waals surface area contributed by atoms with E-state index in [0.717, 1.165) is 0 Å². The van der Waals surface area contributed by atoms with Crippen molar-refractivity contribution >= 4 is 44.8 Å². The van der Waals surface area contributed by atoms with E-state index in [9.17, 15) is 4.79 Å². The Morgan fingerprint density at radius 1 is 1.30 bits per heavy atom. The van der Waals surface area contributed by atoms with Crippen molar-refractivity contribution in [1.82, 2.24) is 0 Å². The molecule has 0 unspecified atom stereocenters. The molecule has 0 saturated carbocycles. The lowest BCUT2D eigenvalue weighted by atomic mass is 10.1. The molecule has 20 heavy (non-hydrogen) atoms. The molecule has 0 aliphatic rings. The summed E-state index contributed by atoms with van der Waals surface area (Å²) in [6.45, 7) is 0. The quantitative estimate of drug-likeness (QED) is 0.808. The second kappa shape index (κ2) is 5.95. The summed E-state index contributed by atoms with van der Waals surface area (Å²) in [6.07, 6.45) is 0. The molecule has 0 saturated heterocycles. The molecule has 0 fully saturated rings. The number of hydrogen-bond donors (Lipinski definition) is 2. The Morgan fingerprint density at radius 3 is 2.70 bits per heavy atom. The Balaban J connectivity index is 2.30. The van der Waals surface area contributed by atoms with Gasteiger partial charge in [0.2, 0.25) is 0 Å². The average molecular weight is 351 g/mol. The van der Waals surface area contributed by atoms with Crippen LogP contribution in [0, 0.1) is 11.3 Å². The van der Waals surface area contributed by atoms with Crippen LogP contribution in [0.1, 0.15) is 15.9 Å². The number of nitrogens with zero attached hydrogens (tertiary/aromatic N) is 1. The van der Waals surface area contributed by atoms with Gasteiger partial charge in [0.15, 0.2) is 0 Å². The molecular formula is C14H9BrClN3O. The van der Waals surface area contributed by atoms with Crippen LogP contribution in [0.4, 0.5) is 11.4 Å². The molecular weight excluding hydrogens is 342 g/mol. The molecule has 0 aliphatic carbocycles. The minimum Gasteiger partial charge on any atom is -0.399 e. The summed E-state index contributed by atoms with van der Waals surface area (Å²) in [5.41, 5.74) is 7.16. The smallest absolute Gasteiger partial charge is 0.255 e. The van der Waals surface area contributed by atoms with E-state index in [4.69, 9.17) is 22.6 Å². The van der Waals surface area contributed by atoms with Crippen LogP contribution in [-0.2, 0) is 0 Å². The van der Waals surface area contributed by atoms with Gasteiger partial charge in [-0.05, 0) is 36.4 Å². The number of carbonyl (C=O) groups is 1. The number of nitrogen functional groups attached to an aromatic ring is 1. The number of rotatable bonds is 2. The molecule has 1 amide bonds. The highest BCUT2D eigenvalue weighted by Gasteiger charge is 2.11. The SMILES string of the molecule is N#Cc1cc(N)ccc1NC(=O)c1cc(Cl)cc(Br)c1. The Kier molecular flexibility index (Phi) is 4.28. The number of nitriles is 1. The Hall–Kier alpha value is -2.03. The number of benzene rings is 2. The number of nitrogens with one attached hydrogen (secondary N) is 1. The van der Waals surface area contributed by atoms with Gasteiger partial charge in [0.1, 0.15) is 6.07 Å². The first-order chi connectivity index (χ1) is 9.49. The van der Waals surface area contributed by atoms with Gasteiger partial charge in [-0.15, -0.1) is 0 Å². The molecule has 6 heteroatoms. The number of nitrogens with two attached hydrogens (primary N) is 1. The summed E-state index contributed by atoms with van der Waals surface area (Å²) < 4.78 is 0.702. The lowest BCUT2D eigenvalue weighted by Gasteiger charge is -2.08. The van der Waals surface area contributed by atoms with Crippen LogP contribution in [0.25, 0.3) is 0 Å². The highest BCUT2D eigenvalue weighted by molar-refractivity contribution is 9.10. The summed E-state index contributed by atoms with van der Waals surface area (Å²) in [6, 6.07) is 11.6. The van der Waals surface area contributed by atoms with Crippen LogP contribution in [0.15, 0.2) is 40.9 Å². The van der Waals surface area contributed by atoms with E-state index in [1.807, 2.05) is 6.07 Å². The average Bonchev–Trinajstić information content (AvgIpc) is 2.39. The molecule has 4 nitrogen and oxygen atoms in total. The van der Waals surface area contributed by atoms with E-state index in [0.29, 0.717) is 32.0 Å². The van der Waals surface area contributed by atoms with E-state index >= 15 is 0 Å². The van der Waals surface area contributed by atoms with Crippen molar-refractivity contribution in [3.05, 3.63) is 57.0 Å². The van der Waals surface area contributed by atoms with Gasteiger partial charge in [-0.3, -0.25) is 4.79 Å². The Bertz CT molecular complexity index is 705. The Labute approximate surface area is 129 Å². The Morgan fingerprint density at radius 2 is 2.05 bits per heavy atom. The van der Waals surface area contributed by atoms with Crippen LogP contribution < -0.4 is 11.1 Å². The molecule has 0 radical (unpaired) electrons. The monoisotopic (exact) mass is 349 g/mol. The number of halogens is 2. The van der Waals surface area contributed by atoms with Crippen molar-refractivity contribution in [3.8, 4) is 6.07 Å². The molecule has 0 spiro atoms. The van der Waals surface area contributed by atoms with Gasteiger partial charge < -0.3 is 11.1 Å². The molecule has 2 rings (SSSR count). The first-order valence-corrected chi connectivity index (χ1v) is 6.74. The zero-order valence-electron chi connectivity index (χ0n) is 10.2. The van der Waals surface area contributed by atoms with Crippen molar-refractivity contribution in [1.29, 1.82) is 5.26 Å². The van der Waals surface area contributed by atoms with Crippen LogP contribution in [0.3, 0.4) is 0 Å². The number of amides is 1. The van der Waals surface area contributed by atoms with Crippen LogP contribution >= 0.6 is 27.5 Å². The van der Waals surface area contributed by atoms with Crippen molar-refractivity contribution < 1.29 is 4.79 Å². The number of carbonyl (C=O) groups excluding carboxylic acids is 1. The maximum atomic E-state index is 12.1. The lowest BCUT2D eigenvalue weighted by Crippen LogP contribution is -2.13. The van der Waals surface area contributed by atoms with Gasteiger partial charge in [0.05, 0.1) is 11.3 Å². The fourth-order valence-corrected chi connectivity index (χ4v) is 2.50.